The zero-order valence-corrected chi connectivity index (χ0v) is 7.90. The largest absolute Gasteiger partial charge is 0.419 e. The number of benzene rings is 1. The molecule has 0 aliphatic rings. The first-order chi connectivity index (χ1) is 7.70. The molecule has 0 bridgehead atoms. The molecule has 0 saturated heterocycles. The lowest BCUT2D eigenvalue weighted by atomic mass is 10.1. The van der Waals surface area contributed by atoms with Crippen LogP contribution >= 0.6 is 0 Å². The van der Waals surface area contributed by atoms with Gasteiger partial charge in [-0.2, -0.15) is 5.26 Å². The Bertz CT molecular complexity index is 766. The van der Waals surface area contributed by atoms with Gasteiger partial charge in [0.05, 0.1) is 10.9 Å². The van der Waals surface area contributed by atoms with Crippen LogP contribution < -0.4 is 11.4 Å². The first-order valence-corrected chi connectivity index (χ1v) is 4.28. The fourth-order valence-corrected chi connectivity index (χ4v) is 1.27. The van der Waals surface area contributed by atoms with E-state index in [4.69, 9.17) is 5.26 Å². The third-order valence-electron chi connectivity index (χ3n) is 1.92. The lowest BCUT2D eigenvalue weighted by molar-refractivity contribution is 0.460. The van der Waals surface area contributed by atoms with Gasteiger partial charge < -0.3 is 4.42 Å². The molecule has 5 heteroatoms. The minimum Gasteiger partial charge on any atom is -0.372 e. The topological polar surface area (TPSA) is 86.9 Å². The molecule has 0 aliphatic heterocycles. The summed E-state index contributed by atoms with van der Waals surface area (Å²) < 4.78 is 4.37. The van der Waals surface area contributed by atoms with Crippen molar-refractivity contribution in [3.05, 3.63) is 44.7 Å². The van der Waals surface area contributed by atoms with E-state index < -0.39 is 11.4 Å². The Morgan fingerprint density at radius 2 is 2.12 bits per heavy atom. The number of H-pyrrole nitrogens is 1. The fraction of sp³-hybridized carbons (Fsp3) is 0. The predicted octanol–water partition coefficient (Wildman–Crippen LogP) is 0.356. The summed E-state index contributed by atoms with van der Waals surface area (Å²) in [4.78, 5) is 24.6. The molecule has 0 amide bonds. The maximum absolute atomic E-state index is 11.3. The van der Waals surface area contributed by atoms with Gasteiger partial charge in [0.2, 0.25) is 0 Å². The van der Waals surface area contributed by atoms with Crippen LogP contribution in [0.15, 0.2) is 32.2 Å². The predicted molar refractivity (Wildman–Crippen MR) is 55.6 cm³/mol. The Morgan fingerprint density at radius 1 is 1.31 bits per heavy atom. The highest BCUT2D eigenvalue weighted by Crippen LogP contribution is 2.07. The maximum Gasteiger partial charge on any atom is 0.419 e. The molecule has 1 aromatic carbocycles. The van der Waals surface area contributed by atoms with E-state index >= 15 is 0 Å². The van der Waals surface area contributed by atoms with Crippen LogP contribution in [0.25, 0.3) is 10.9 Å². The molecule has 0 radical (unpaired) electrons. The van der Waals surface area contributed by atoms with Crippen molar-refractivity contribution in [1.29, 1.82) is 5.26 Å². The quantitative estimate of drug-likeness (QED) is 0.638. The Kier molecular flexibility index (Phi) is 2.29. The molecular formula is C11H4N2O3. The summed E-state index contributed by atoms with van der Waals surface area (Å²) in [6.45, 7) is 0. The molecule has 0 atom stereocenters. The first-order valence-electron chi connectivity index (χ1n) is 4.28. The number of aromatic nitrogens is 1. The van der Waals surface area contributed by atoms with Crippen molar-refractivity contribution in [1.82, 2.24) is 4.98 Å². The normalized spacial score (nSPS) is 9.19. The van der Waals surface area contributed by atoms with Gasteiger partial charge in [-0.3, -0.25) is 4.98 Å². The van der Waals surface area contributed by atoms with Crippen LogP contribution in [0.2, 0.25) is 0 Å². The number of nitriles is 1. The summed E-state index contributed by atoms with van der Waals surface area (Å²) in [6, 6.07) is 6.26. The second-order valence-corrected chi connectivity index (χ2v) is 2.92. The number of hydrogen-bond acceptors (Lipinski definition) is 4. The minimum atomic E-state index is -0.798. The van der Waals surface area contributed by atoms with E-state index in [1.54, 1.807) is 12.1 Å². The van der Waals surface area contributed by atoms with Crippen LogP contribution in [0.1, 0.15) is 5.56 Å². The Morgan fingerprint density at radius 3 is 2.88 bits per heavy atom. The average molecular weight is 212 g/mol. The molecule has 1 aromatic heterocycles. The summed E-state index contributed by atoms with van der Waals surface area (Å²) in [5, 5.41) is 8.51. The molecule has 0 unspecified atom stereocenters. The highest BCUT2D eigenvalue weighted by atomic mass is 16.4. The van der Waals surface area contributed by atoms with Gasteiger partial charge >= 0.3 is 11.4 Å². The molecule has 0 saturated carbocycles. The molecule has 16 heavy (non-hydrogen) atoms. The lowest BCUT2D eigenvalue weighted by Crippen LogP contribution is -2.14. The third-order valence-corrected chi connectivity index (χ3v) is 1.92. The number of nitrogens with zero attached hydrogens (tertiary/aromatic N) is 1. The lowest BCUT2D eigenvalue weighted by Gasteiger charge is -1.95. The Balaban J connectivity index is 2.77. The fourth-order valence-electron chi connectivity index (χ4n) is 1.27. The zero-order valence-electron chi connectivity index (χ0n) is 7.90. The average Bonchev–Trinajstić information content (AvgIpc) is 2.26. The van der Waals surface area contributed by atoms with Gasteiger partial charge in [0, 0.05) is 11.5 Å². The monoisotopic (exact) mass is 212 g/mol. The van der Waals surface area contributed by atoms with Gasteiger partial charge in [-0.15, -0.1) is 0 Å². The van der Waals surface area contributed by atoms with Crippen molar-refractivity contribution in [2.24, 2.45) is 0 Å². The minimum absolute atomic E-state index is 0.226. The molecule has 2 aromatic rings. The number of fused-ring (bicyclic) bond motifs is 1. The van der Waals surface area contributed by atoms with Crippen molar-refractivity contribution in [3.8, 4) is 17.9 Å². The molecule has 0 aliphatic carbocycles. The molecule has 1 N–H and O–H groups in total. The molecule has 5 nitrogen and oxygen atoms in total. The van der Waals surface area contributed by atoms with Crippen molar-refractivity contribution < 1.29 is 4.42 Å². The first kappa shape index (κ1) is 9.75. The zero-order chi connectivity index (χ0) is 11.5. The van der Waals surface area contributed by atoms with Crippen LogP contribution in [0.5, 0.6) is 0 Å². The van der Waals surface area contributed by atoms with Crippen molar-refractivity contribution in [2.75, 3.05) is 0 Å². The summed E-state index contributed by atoms with van der Waals surface area (Å²) in [5.74, 6) is 3.96. The summed E-state index contributed by atoms with van der Waals surface area (Å²) in [6.07, 6.45) is 0. The van der Waals surface area contributed by atoms with E-state index in [9.17, 15) is 9.59 Å². The van der Waals surface area contributed by atoms with Crippen LogP contribution in [-0.4, -0.2) is 4.98 Å². The number of rotatable bonds is 0. The molecule has 2 rings (SSSR count). The van der Waals surface area contributed by atoms with Crippen molar-refractivity contribution in [3.63, 3.8) is 0 Å². The number of hydrogen-bond donors (Lipinski definition) is 1. The van der Waals surface area contributed by atoms with E-state index in [1.807, 2.05) is 0 Å². The standard InChI is InChI=1S/C11H4N2O3/c12-5-1-2-7-3-4-9-8(6-7)10(14)16-11(15)13-9/h3-4,6H,(H,13,15). The Hall–Kier alpha value is -2.79. The van der Waals surface area contributed by atoms with Gasteiger partial charge in [-0.1, -0.05) is 5.92 Å². The van der Waals surface area contributed by atoms with Crippen LogP contribution in [-0.2, 0) is 0 Å². The SMILES string of the molecule is N#CC#Cc1ccc2[nH]c(=O)oc(=O)c2c1. The number of aromatic amines is 1. The van der Waals surface area contributed by atoms with Crippen LogP contribution in [0.4, 0.5) is 0 Å². The van der Waals surface area contributed by atoms with Crippen molar-refractivity contribution in [2.45, 2.75) is 0 Å². The smallest absolute Gasteiger partial charge is 0.372 e. The van der Waals surface area contributed by atoms with Gasteiger partial charge in [-0.25, -0.2) is 9.59 Å². The second-order valence-electron chi connectivity index (χ2n) is 2.92. The van der Waals surface area contributed by atoms with Gasteiger partial charge in [-0.05, 0) is 18.2 Å². The molecule has 76 valence electrons. The molecule has 1 heterocycles. The van der Waals surface area contributed by atoms with E-state index in [2.05, 4.69) is 21.2 Å². The molecule has 0 fully saturated rings. The summed E-state index contributed by atoms with van der Waals surface area (Å²) >= 11 is 0. The highest BCUT2D eigenvalue weighted by molar-refractivity contribution is 5.78. The van der Waals surface area contributed by atoms with Crippen LogP contribution in [0, 0.1) is 23.2 Å². The van der Waals surface area contributed by atoms with Gasteiger partial charge in [0.15, 0.2) is 6.07 Å². The maximum atomic E-state index is 11.3. The molecule has 0 spiro atoms. The number of nitrogens with one attached hydrogen (secondary N) is 1. The van der Waals surface area contributed by atoms with E-state index in [1.165, 1.54) is 12.1 Å². The highest BCUT2D eigenvalue weighted by Gasteiger charge is 2.02. The Labute approximate surface area is 88.9 Å². The third kappa shape index (κ3) is 1.70. The van der Waals surface area contributed by atoms with Gasteiger partial charge in [0.25, 0.3) is 0 Å². The van der Waals surface area contributed by atoms with Crippen molar-refractivity contribution >= 4 is 10.9 Å². The van der Waals surface area contributed by atoms with E-state index in [-0.39, 0.29) is 5.39 Å². The summed E-state index contributed by atoms with van der Waals surface area (Å²) in [5.41, 5.74) is 0.163. The van der Waals surface area contributed by atoms with Crippen LogP contribution in [0.3, 0.4) is 0 Å². The van der Waals surface area contributed by atoms with E-state index in [0.717, 1.165) is 0 Å². The molecular weight excluding hydrogens is 208 g/mol. The summed E-state index contributed by atoms with van der Waals surface area (Å²) in [7, 11) is 0. The van der Waals surface area contributed by atoms with E-state index in [0.29, 0.717) is 11.1 Å². The second kappa shape index (κ2) is 3.76. The van der Waals surface area contributed by atoms with Gasteiger partial charge in [0.1, 0.15) is 0 Å².